The molecule has 0 saturated carbocycles. The number of fused-ring (bicyclic) bond motifs is 5. The number of halogens is 1. The molecule has 4 saturated heterocycles. The molecule has 9 heteroatoms. The molecular formula is C32H39FN6O2. The highest BCUT2D eigenvalue weighted by molar-refractivity contribution is 5.93. The van der Waals surface area contributed by atoms with Crippen LogP contribution in [0.5, 0.6) is 6.01 Å². The molecule has 3 aromatic rings. The van der Waals surface area contributed by atoms with Crippen LogP contribution >= 0.6 is 0 Å². The van der Waals surface area contributed by atoms with E-state index in [0.29, 0.717) is 42.7 Å². The maximum absolute atomic E-state index is 16.7. The van der Waals surface area contributed by atoms with Gasteiger partial charge in [-0.2, -0.15) is 9.97 Å². The zero-order valence-electron chi connectivity index (χ0n) is 23.8. The van der Waals surface area contributed by atoms with Crippen LogP contribution in [0, 0.1) is 12.7 Å². The molecule has 4 fully saturated rings. The Labute approximate surface area is 240 Å². The van der Waals surface area contributed by atoms with E-state index in [0.717, 1.165) is 74.5 Å². The fourth-order valence-corrected chi connectivity index (χ4v) is 8.37. The number of para-hydroxylation sites is 1. The molecule has 3 atom stereocenters. The van der Waals surface area contributed by atoms with E-state index in [9.17, 15) is 5.11 Å². The van der Waals surface area contributed by atoms with Crippen LogP contribution in [-0.4, -0.2) is 83.0 Å². The number of benzene rings is 2. The van der Waals surface area contributed by atoms with Gasteiger partial charge in [0.05, 0.1) is 17.3 Å². The molecule has 6 heterocycles. The van der Waals surface area contributed by atoms with Crippen LogP contribution in [0.1, 0.15) is 49.7 Å². The molecule has 8 rings (SSSR count). The average molecular weight is 559 g/mol. The third-order valence-corrected chi connectivity index (χ3v) is 10.3. The van der Waals surface area contributed by atoms with Gasteiger partial charge < -0.3 is 25.0 Å². The van der Waals surface area contributed by atoms with Gasteiger partial charge in [-0.05, 0) is 81.8 Å². The summed E-state index contributed by atoms with van der Waals surface area (Å²) in [6.45, 7) is 6.84. The number of piperazine rings is 1. The molecule has 8 nitrogen and oxygen atoms in total. The molecule has 5 aliphatic rings. The van der Waals surface area contributed by atoms with E-state index in [1.807, 2.05) is 42.2 Å². The highest BCUT2D eigenvalue weighted by Crippen LogP contribution is 2.42. The lowest BCUT2D eigenvalue weighted by Gasteiger charge is -2.36. The first-order valence-corrected chi connectivity index (χ1v) is 15.4. The molecule has 0 spiro atoms. The summed E-state index contributed by atoms with van der Waals surface area (Å²) >= 11 is 0. The number of ether oxygens (including phenoxy) is 1. The van der Waals surface area contributed by atoms with Gasteiger partial charge in [0, 0.05) is 49.2 Å². The predicted octanol–water partition coefficient (Wildman–Crippen LogP) is 4.08. The van der Waals surface area contributed by atoms with Gasteiger partial charge in [-0.1, -0.05) is 18.2 Å². The number of aryl methyl sites for hydroxylation is 1. The van der Waals surface area contributed by atoms with Crippen molar-refractivity contribution in [2.45, 2.75) is 75.6 Å². The number of rotatable bonds is 5. The molecule has 0 aliphatic carbocycles. The third kappa shape index (κ3) is 4.27. The minimum atomic E-state index is -0.574. The van der Waals surface area contributed by atoms with Crippen molar-refractivity contribution in [1.82, 2.24) is 20.2 Å². The summed E-state index contributed by atoms with van der Waals surface area (Å²) in [6, 6.07) is 11.0. The van der Waals surface area contributed by atoms with E-state index in [-0.39, 0.29) is 22.9 Å². The number of nitrogens with one attached hydrogen (secondary N) is 1. The van der Waals surface area contributed by atoms with Crippen LogP contribution in [0.15, 0.2) is 30.3 Å². The SMILES string of the molecule is Cc1cccc2c1N(c1ccc3c(N4C[C@H]5CC[C@@H](C4)N5)nc(OCC45CCCN4CCC5)nc3c1F)CC(O)C2. The fraction of sp³-hybridized carbons (Fsp3) is 0.562. The second-order valence-electron chi connectivity index (χ2n) is 12.9. The van der Waals surface area contributed by atoms with E-state index in [4.69, 9.17) is 14.7 Å². The molecule has 2 N–H and O–H groups in total. The van der Waals surface area contributed by atoms with Gasteiger partial charge in [-0.15, -0.1) is 0 Å². The van der Waals surface area contributed by atoms with Gasteiger partial charge in [-0.25, -0.2) is 4.39 Å². The van der Waals surface area contributed by atoms with Crippen molar-refractivity contribution in [3.63, 3.8) is 0 Å². The number of aliphatic hydroxyl groups is 1. The number of hydrogen-bond acceptors (Lipinski definition) is 8. The smallest absolute Gasteiger partial charge is 0.319 e. The zero-order chi connectivity index (χ0) is 27.7. The van der Waals surface area contributed by atoms with Crippen LogP contribution in [0.25, 0.3) is 10.9 Å². The number of β-amino-alcohol motifs (C(OH)–C–C–N with tert-alkyl or cyclic N) is 1. The van der Waals surface area contributed by atoms with E-state index in [2.05, 4.69) is 15.1 Å². The first-order chi connectivity index (χ1) is 20.0. The minimum absolute atomic E-state index is 0.0538. The molecule has 2 bridgehead atoms. The Bertz CT molecular complexity index is 1480. The van der Waals surface area contributed by atoms with Gasteiger partial charge in [0.2, 0.25) is 0 Å². The average Bonchev–Trinajstić information content (AvgIpc) is 3.65. The maximum Gasteiger partial charge on any atom is 0.319 e. The summed E-state index contributed by atoms with van der Waals surface area (Å²) in [5.74, 6) is 0.371. The van der Waals surface area contributed by atoms with Gasteiger partial charge in [-0.3, -0.25) is 4.90 Å². The molecular weight excluding hydrogens is 519 g/mol. The number of nitrogens with zero attached hydrogens (tertiary/aromatic N) is 5. The largest absolute Gasteiger partial charge is 0.461 e. The number of aromatic nitrogens is 2. The second kappa shape index (κ2) is 9.78. The van der Waals surface area contributed by atoms with E-state index in [1.54, 1.807) is 0 Å². The van der Waals surface area contributed by atoms with Crippen LogP contribution in [0.2, 0.25) is 0 Å². The Morgan fingerprint density at radius 3 is 2.61 bits per heavy atom. The van der Waals surface area contributed by atoms with Crippen molar-refractivity contribution in [2.75, 3.05) is 49.1 Å². The first kappa shape index (κ1) is 25.7. The molecule has 216 valence electrons. The predicted molar refractivity (Wildman–Crippen MR) is 158 cm³/mol. The Morgan fingerprint density at radius 1 is 1.05 bits per heavy atom. The van der Waals surface area contributed by atoms with Crippen molar-refractivity contribution in [2.24, 2.45) is 0 Å². The lowest BCUT2D eigenvalue weighted by molar-refractivity contribution is 0.108. The summed E-state index contributed by atoms with van der Waals surface area (Å²) in [4.78, 5) is 16.5. The quantitative estimate of drug-likeness (QED) is 0.485. The highest BCUT2D eigenvalue weighted by atomic mass is 19.1. The minimum Gasteiger partial charge on any atom is -0.461 e. The monoisotopic (exact) mass is 558 g/mol. The summed E-state index contributed by atoms with van der Waals surface area (Å²) in [7, 11) is 0. The number of hydrogen-bond donors (Lipinski definition) is 2. The van der Waals surface area contributed by atoms with Crippen LogP contribution in [-0.2, 0) is 6.42 Å². The van der Waals surface area contributed by atoms with Crippen LogP contribution in [0.3, 0.4) is 0 Å². The topological polar surface area (TPSA) is 77.0 Å². The fourth-order valence-electron chi connectivity index (χ4n) is 8.37. The Kier molecular flexibility index (Phi) is 6.13. The molecule has 5 aliphatic heterocycles. The Hall–Kier alpha value is -3.01. The van der Waals surface area contributed by atoms with Gasteiger partial charge in [0.1, 0.15) is 17.9 Å². The summed E-state index contributed by atoms with van der Waals surface area (Å²) in [5, 5.41) is 15.1. The van der Waals surface area contributed by atoms with Gasteiger partial charge in [0.25, 0.3) is 0 Å². The highest BCUT2D eigenvalue weighted by Gasteiger charge is 2.45. The first-order valence-electron chi connectivity index (χ1n) is 15.4. The lowest BCUT2D eigenvalue weighted by atomic mass is 9.95. The van der Waals surface area contributed by atoms with Crippen molar-refractivity contribution in [3.8, 4) is 6.01 Å². The molecule has 2 aromatic carbocycles. The van der Waals surface area contributed by atoms with Crippen molar-refractivity contribution in [1.29, 1.82) is 0 Å². The van der Waals surface area contributed by atoms with Crippen LogP contribution in [0.4, 0.5) is 21.6 Å². The van der Waals surface area contributed by atoms with E-state index < -0.39 is 6.10 Å². The number of anilines is 3. The van der Waals surface area contributed by atoms with Gasteiger partial charge >= 0.3 is 6.01 Å². The normalized spacial score (nSPS) is 27.0. The standard InChI is InChI=1S/C32H39FN6O2/c1-20-5-2-6-21-15-24(40)18-39(29(20)21)26-10-9-25-28(27(26)33)35-31(41-19-32-11-3-13-38(32)14-4-12-32)36-30(25)37-16-22-7-8-23(17-37)34-22/h2,5-6,9-10,22-24,34,40H,3-4,7-8,11-19H2,1H3/t22-,23+,24?. The molecule has 1 aromatic heterocycles. The molecule has 0 amide bonds. The maximum atomic E-state index is 16.7. The Balaban J connectivity index is 1.22. The lowest BCUT2D eigenvalue weighted by Crippen LogP contribution is -2.51. The third-order valence-electron chi connectivity index (χ3n) is 10.3. The van der Waals surface area contributed by atoms with Crippen molar-refractivity contribution < 1.29 is 14.2 Å². The zero-order valence-corrected chi connectivity index (χ0v) is 23.8. The summed E-state index contributed by atoms with van der Waals surface area (Å²) in [6.07, 6.45) is 6.94. The molecule has 41 heavy (non-hydrogen) atoms. The molecule has 0 radical (unpaired) electrons. The molecule has 1 unspecified atom stereocenters. The van der Waals surface area contributed by atoms with E-state index in [1.165, 1.54) is 12.8 Å². The summed E-state index contributed by atoms with van der Waals surface area (Å²) in [5.41, 5.74) is 3.84. The summed E-state index contributed by atoms with van der Waals surface area (Å²) < 4.78 is 23.2. The van der Waals surface area contributed by atoms with Crippen LogP contribution < -0.4 is 19.9 Å². The van der Waals surface area contributed by atoms with Gasteiger partial charge in [0.15, 0.2) is 5.82 Å². The second-order valence-corrected chi connectivity index (χ2v) is 12.9. The number of aliphatic hydroxyl groups excluding tert-OH is 1. The van der Waals surface area contributed by atoms with Crippen molar-refractivity contribution in [3.05, 3.63) is 47.3 Å². The Morgan fingerprint density at radius 2 is 1.83 bits per heavy atom. The van der Waals surface area contributed by atoms with E-state index >= 15 is 4.39 Å². The van der Waals surface area contributed by atoms with Crippen molar-refractivity contribution >= 4 is 28.1 Å².